The van der Waals surface area contributed by atoms with E-state index in [1.807, 2.05) is 32.9 Å². The molecule has 49 heavy (non-hydrogen) atoms. The number of ether oxygens (including phenoxy) is 2. The molecule has 2 aliphatic rings. The van der Waals surface area contributed by atoms with Crippen LogP contribution in [-0.4, -0.2) is 69.9 Å². The van der Waals surface area contributed by atoms with Crippen LogP contribution in [0.3, 0.4) is 0 Å². The predicted octanol–water partition coefficient (Wildman–Crippen LogP) is 8.09. The number of benzene rings is 2. The van der Waals surface area contributed by atoms with Gasteiger partial charge in [-0.2, -0.15) is 0 Å². The molecule has 1 N–H and O–H groups in total. The van der Waals surface area contributed by atoms with Crippen molar-refractivity contribution in [2.75, 3.05) is 19.7 Å². The smallest absolute Gasteiger partial charge is 0.410 e. The maximum Gasteiger partial charge on any atom is 0.410 e. The van der Waals surface area contributed by atoms with Crippen LogP contribution >= 0.6 is 0 Å². The van der Waals surface area contributed by atoms with Crippen LogP contribution in [0.2, 0.25) is 18.1 Å². The number of likely N-dealkylation sites (tertiary alicyclic amines) is 1. The molecule has 0 radical (unpaired) electrons. The van der Waals surface area contributed by atoms with Gasteiger partial charge in [0.05, 0.1) is 6.04 Å². The molecule has 2 atom stereocenters. The highest BCUT2D eigenvalue weighted by atomic mass is 32.2. The molecular formula is C37H56FN3O6SSi. The second kappa shape index (κ2) is 14.7. The molecule has 4 rings (SSSR count). The predicted molar refractivity (Wildman–Crippen MR) is 195 cm³/mol. The highest BCUT2D eigenvalue weighted by Gasteiger charge is 2.47. The second-order valence-electron chi connectivity index (χ2n) is 16.4. The molecule has 2 aromatic carbocycles. The van der Waals surface area contributed by atoms with Crippen molar-refractivity contribution in [2.24, 2.45) is 4.99 Å². The highest BCUT2D eigenvalue weighted by molar-refractivity contribution is 7.90. The van der Waals surface area contributed by atoms with Gasteiger partial charge in [0.2, 0.25) is 10.0 Å². The summed E-state index contributed by atoms with van der Waals surface area (Å²) in [7, 11) is -5.97. The molecule has 0 saturated carbocycles. The number of piperidine rings is 1. The summed E-state index contributed by atoms with van der Waals surface area (Å²) in [5.74, 6) is -0.113. The lowest BCUT2D eigenvalue weighted by Crippen LogP contribution is -2.59. The number of hydrogen-bond acceptors (Lipinski definition) is 7. The van der Waals surface area contributed by atoms with E-state index in [9.17, 15) is 13.2 Å². The first kappa shape index (κ1) is 38.8. The Hall–Kier alpha value is -2.96. The van der Waals surface area contributed by atoms with Crippen LogP contribution in [0.15, 0.2) is 53.5 Å². The number of nitrogens with one attached hydrogen (secondary N) is 1. The van der Waals surface area contributed by atoms with Gasteiger partial charge in [-0.3, -0.25) is 0 Å². The van der Waals surface area contributed by atoms with Gasteiger partial charge in [0.15, 0.2) is 8.32 Å². The standard InChI is InChI=1S/C37H56FN3O6SSi/c1-35(2,3)47-34(42)41-22-19-28(20-23-41)27-17-15-26(16-18-27)25-32-37(7,8)46-33(40-48(32,43)44)39-31(29-13-11-12-14-30(29)38)21-24-45-49(9,10)36(4,5)6/h11-18,28,31-32H,19-25H2,1-10H3,(H,39,40)/t31-,32?/m0/s1. The first-order valence-corrected chi connectivity index (χ1v) is 21.8. The maximum atomic E-state index is 15.0. The summed E-state index contributed by atoms with van der Waals surface area (Å²) in [6.07, 6.45) is 1.99. The molecule has 2 aliphatic heterocycles. The third-order valence-corrected chi connectivity index (χ3v) is 16.4. The van der Waals surface area contributed by atoms with Crippen molar-refractivity contribution in [1.29, 1.82) is 0 Å². The van der Waals surface area contributed by atoms with E-state index in [1.54, 1.807) is 36.9 Å². The lowest BCUT2D eigenvalue weighted by molar-refractivity contribution is 0.0204. The average molecular weight is 718 g/mol. The summed E-state index contributed by atoms with van der Waals surface area (Å²) in [6, 6.07) is 13.6. The minimum absolute atomic E-state index is 0.00885. The Labute approximate surface area is 294 Å². The van der Waals surface area contributed by atoms with Crippen LogP contribution in [0.1, 0.15) is 103 Å². The van der Waals surface area contributed by atoms with Crippen molar-refractivity contribution in [2.45, 2.75) is 128 Å². The zero-order valence-corrected chi connectivity index (χ0v) is 32.7. The van der Waals surface area contributed by atoms with Gasteiger partial charge in [0, 0.05) is 25.3 Å². The molecule has 2 heterocycles. The third kappa shape index (κ3) is 10.1. The van der Waals surface area contributed by atoms with E-state index in [-0.39, 0.29) is 23.6 Å². The van der Waals surface area contributed by atoms with Crippen LogP contribution in [0.25, 0.3) is 0 Å². The molecule has 272 valence electrons. The molecule has 1 amide bonds. The lowest BCUT2D eigenvalue weighted by Gasteiger charge is -2.39. The van der Waals surface area contributed by atoms with Crippen LogP contribution in [0, 0.1) is 5.82 Å². The van der Waals surface area contributed by atoms with Crippen molar-refractivity contribution in [3.05, 3.63) is 71.0 Å². The van der Waals surface area contributed by atoms with Gasteiger partial charge in [-0.05, 0) is 102 Å². The first-order chi connectivity index (χ1) is 22.6. The van der Waals surface area contributed by atoms with E-state index in [1.165, 1.54) is 11.6 Å². The largest absolute Gasteiger partial charge is 0.457 e. The Kier molecular flexibility index (Phi) is 11.7. The van der Waals surface area contributed by atoms with Gasteiger partial charge >= 0.3 is 6.09 Å². The molecule has 2 aromatic rings. The minimum atomic E-state index is -3.91. The van der Waals surface area contributed by atoms with E-state index in [2.05, 4.69) is 55.7 Å². The van der Waals surface area contributed by atoms with Gasteiger partial charge in [0.25, 0.3) is 6.02 Å². The van der Waals surface area contributed by atoms with Crippen LogP contribution in [0.4, 0.5) is 9.18 Å². The zero-order chi connectivity index (χ0) is 36.4. The number of aliphatic imine (C=N–C) groups is 1. The SMILES string of the molecule is CC(C)(C)OC(=O)N1CCC(c2ccc(CC3C(C)(C)OC(=N[C@@H](CCO[Si](C)(C)C(C)(C)C)c4ccccc4F)NS3(=O)=O)cc2)CC1. The van der Waals surface area contributed by atoms with Crippen molar-refractivity contribution < 1.29 is 31.5 Å². The van der Waals surface area contributed by atoms with Crippen molar-refractivity contribution in [3.8, 4) is 0 Å². The van der Waals surface area contributed by atoms with E-state index < -0.39 is 46.7 Å². The summed E-state index contributed by atoms with van der Waals surface area (Å²) < 4.78 is 63.1. The van der Waals surface area contributed by atoms with E-state index in [0.29, 0.717) is 37.6 Å². The Morgan fingerprint density at radius 2 is 1.67 bits per heavy atom. The number of nitrogens with zero attached hydrogens (tertiary/aromatic N) is 2. The molecule has 0 spiro atoms. The molecule has 9 nitrogen and oxygen atoms in total. The van der Waals surface area contributed by atoms with Gasteiger partial charge in [-0.1, -0.05) is 63.2 Å². The van der Waals surface area contributed by atoms with Crippen molar-refractivity contribution in [3.63, 3.8) is 0 Å². The molecule has 2 saturated heterocycles. The first-order valence-electron chi connectivity index (χ1n) is 17.3. The highest BCUT2D eigenvalue weighted by Crippen LogP contribution is 2.38. The number of amides is 1. The Morgan fingerprint density at radius 3 is 2.22 bits per heavy atom. The van der Waals surface area contributed by atoms with E-state index in [4.69, 9.17) is 13.9 Å². The zero-order valence-electron chi connectivity index (χ0n) is 30.9. The molecule has 2 fully saturated rings. The minimum Gasteiger partial charge on any atom is -0.457 e. The number of sulfonamides is 1. The number of halogens is 1. The van der Waals surface area contributed by atoms with Crippen LogP contribution in [-0.2, 0) is 30.3 Å². The van der Waals surface area contributed by atoms with Crippen LogP contribution < -0.4 is 4.72 Å². The van der Waals surface area contributed by atoms with E-state index >= 15 is 4.39 Å². The quantitative estimate of drug-likeness (QED) is 0.263. The second-order valence-corrected chi connectivity index (χ2v) is 23.1. The van der Waals surface area contributed by atoms with Gasteiger partial charge in [0.1, 0.15) is 22.3 Å². The topological polar surface area (TPSA) is 107 Å². The van der Waals surface area contributed by atoms with Gasteiger partial charge < -0.3 is 18.8 Å². The molecule has 0 bridgehead atoms. The third-order valence-electron chi connectivity index (χ3n) is 9.96. The fourth-order valence-corrected chi connectivity index (χ4v) is 8.74. The fourth-order valence-electron chi connectivity index (χ4n) is 5.99. The number of carbonyl (C=O) groups is 1. The molecular weight excluding hydrogens is 662 g/mol. The monoisotopic (exact) mass is 717 g/mol. The average Bonchev–Trinajstić information content (AvgIpc) is 2.97. The normalized spacial score (nSPS) is 21.5. The lowest BCUT2D eigenvalue weighted by atomic mass is 9.88. The Balaban J connectivity index is 1.44. The summed E-state index contributed by atoms with van der Waals surface area (Å²) in [6.45, 7) is 21.5. The summed E-state index contributed by atoms with van der Waals surface area (Å²) in [5.41, 5.74) is 0.747. The number of rotatable bonds is 9. The molecule has 12 heteroatoms. The van der Waals surface area contributed by atoms with Gasteiger partial charge in [-0.15, -0.1) is 0 Å². The molecule has 0 aliphatic carbocycles. The summed E-state index contributed by atoms with van der Waals surface area (Å²) in [4.78, 5) is 18.9. The van der Waals surface area contributed by atoms with Crippen LogP contribution in [0.5, 0.6) is 0 Å². The molecule has 0 aromatic heterocycles. The number of hydrogen-bond donors (Lipinski definition) is 1. The summed E-state index contributed by atoms with van der Waals surface area (Å²) >= 11 is 0. The fraction of sp³-hybridized carbons (Fsp3) is 0.622. The summed E-state index contributed by atoms with van der Waals surface area (Å²) in [5, 5.41) is -0.884. The van der Waals surface area contributed by atoms with Crippen molar-refractivity contribution in [1.82, 2.24) is 9.62 Å². The number of amidine groups is 1. The maximum absolute atomic E-state index is 15.0. The van der Waals surface area contributed by atoms with Crippen molar-refractivity contribution >= 4 is 30.5 Å². The van der Waals surface area contributed by atoms with E-state index in [0.717, 1.165) is 18.4 Å². The number of carbonyl (C=O) groups excluding carboxylic acids is 1. The van der Waals surface area contributed by atoms with Gasteiger partial charge in [-0.25, -0.2) is 27.3 Å². The molecule has 1 unspecified atom stereocenters. The Bertz CT molecular complexity index is 1590. The Morgan fingerprint density at radius 1 is 1.06 bits per heavy atom.